The van der Waals surface area contributed by atoms with Crippen LogP contribution in [0.5, 0.6) is 0 Å². The van der Waals surface area contributed by atoms with Crippen LogP contribution in [0.1, 0.15) is 54.4 Å². The van der Waals surface area contributed by atoms with Gasteiger partial charge in [0, 0.05) is 19.0 Å². The second kappa shape index (κ2) is 7.11. The Labute approximate surface area is 131 Å². The predicted octanol–water partition coefficient (Wildman–Crippen LogP) is 2.74. The third kappa shape index (κ3) is 6.36. The lowest BCUT2D eigenvalue weighted by Gasteiger charge is -2.30. The Bertz CT molecular complexity index is 377. The minimum Gasteiger partial charge on any atom is -0.591 e. The number of hydrogen-bond acceptors (Lipinski definition) is 5. The van der Waals surface area contributed by atoms with E-state index < -0.39 is 16.8 Å². The van der Waals surface area contributed by atoms with Gasteiger partial charge in [0.2, 0.25) is 0 Å². The molecule has 0 radical (unpaired) electrons. The molecule has 1 atom stereocenters. The second-order valence-electron chi connectivity index (χ2n) is 7.51. The van der Waals surface area contributed by atoms with Crippen molar-refractivity contribution in [3.63, 3.8) is 0 Å². The molecule has 0 saturated carbocycles. The average molecular weight is 316 g/mol. The van der Waals surface area contributed by atoms with Gasteiger partial charge >= 0.3 is 5.97 Å². The van der Waals surface area contributed by atoms with E-state index >= 15 is 0 Å². The molecule has 0 N–H and O–H groups in total. The Hall–Kier alpha value is -0.590. The predicted molar refractivity (Wildman–Crippen MR) is 86.2 cm³/mol. The highest BCUT2D eigenvalue weighted by molar-refractivity contribution is 7.91. The first kappa shape index (κ1) is 18.5. The molecule has 1 aliphatic heterocycles. The lowest BCUT2D eigenvalue weighted by molar-refractivity contribution is -0.204. The lowest BCUT2D eigenvalue weighted by atomic mass is 9.97. The molecule has 0 bridgehead atoms. The summed E-state index contributed by atoms with van der Waals surface area (Å²) in [6, 6.07) is 0. The summed E-state index contributed by atoms with van der Waals surface area (Å²) < 4.78 is 15.7. The third-order valence-corrected chi connectivity index (χ3v) is 4.58. The van der Waals surface area contributed by atoms with Crippen LogP contribution in [-0.4, -0.2) is 39.6 Å². The quantitative estimate of drug-likeness (QED) is 0.593. The Balaban J connectivity index is 2.39. The highest BCUT2D eigenvalue weighted by Gasteiger charge is 2.29. The average Bonchev–Trinajstić information content (AvgIpc) is 2.35. The molecule has 1 fully saturated rings. The molecule has 0 amide bonds. The van der Waals surface area contributed by atoms with Gasteiger partial charge in [0.25, 0.3) is 0 Å². The van der Waals surface area contributed by atoms with Crippen molar-refractivity contribution < 1.29 is 14.2 Å². The van der Waals surface area contributed by atoms with E-state index in [0.29, 0.717) is 19.0 Å². The fourth-order valence-electron chi connectivity index (χ4n) is 1.67. The summed E-state index contributed by atoms with van der Waals surface area (Å²) in [6.45, 7) is 12.7. The van der Waals surface area contributed by atoms with Gasteiger partial charge in [0.15, 0.2) is 0 Å². The number of nitrogens with zero attached hydrogens (tertiary/aromatic N) is 2. The van der Waals surface area contributed by atoms with Gasteiger partial charge in [-0.1, -0.05) is 4.40 Å². The minimum atomic E-state index is -1.20. The minimum absolute atomic E-state index is 0.205. The van der Waals surface area contributed by atoms with Crippen LogP contribution in [0.15, 0.2) is 4.40 Å². The smallest absolute Gasteiger partial charge is 0.330 e. The molecule has 1 unspecified atom stereocenters. The molecule has 1 heterocycles. The van der Waals surface area contributed by atoms with Gasteiger partial charge in [0.05, 0.1) is 11.6 Å². The second-order valence-corrected chi connectivity index (χ2v) is 9.45. The molecule has 6 heteroatoms. The maximum absolute atomic E-state index is 11.9. The molecule has 1 rings (SSSR count). The van der Waals surface area contributed by atoms with Gasteiger partial charge in [-0.05, 0) is 54.4 Å². The number of carbonyl (C=O) groups is 1. The van der Waals surface area contributed by atoms with Crippen LogP contribution in [0.25, 0.3) is 0 Å². The summed E-state index contributed by atoms with van der Waals surface area (Å²) in [7, 11) is 0. The normalized spacial score (nSPS) is 20.7. The standard InChI is InChI=1S/C15H28N2O3S/c1-14(2,3)13(18)20-17-9-7-12(8-10-17)11-16-21(19)15(4,5)6/h11-12H,7-10H2,1-6H3. The van der Waals surface area contributed by atoms with E-state index in [9.17, 15) is 9.35 Å². The van der Waals surface area contributed by atoms with Gasteiger partial charge in [0.1, 0.15) is 16.1 Å². The van der Waals surface area contributed by atoms with Crippen molar-refractivity contribution in [3.05, 3.63) is 0 Å². The largest absolute Gasteiger partial charge is 0.591 e. The van der Waals surface area contributed by atoms with Crippen molar-refractivity contribution >= 4 is 23.5 Å². The summed E-state index contributed by atoms with van der Waals surface area (Å²) in [6.07, 6.45) is 3.54. The number of hydrogen-bond donors (Lipinski definition) is 0. The lowest BCUT2D eigenvalue weighted by Crippen LogP contribution is -2.39. The molecule has 0 aliphatic carbocycles. The van der Waals surface area contributed by atoms with Crippen molar-refractivity contribution in [1.82, 2.24) is 5.06 Å². The maximum Gasteiger partial charge on any atom is 0.330 e. The monoisotopic (exact) mass is 316 g/mol. The van der Waals surface area contributed by atoms with Gasteiger partial charge in [-0.3, -0.25) is 0 Å². The topological polar surface area (TPSA) is 65.0 Å². The molecular weight excluding hydrogens is 288 g/mol. The molecule has 1 saturated heterocycles. The Morgan fingerprint density at radius 3 is 2.19 bits per heavy atom. The molecule has 0 spiro atoms. The first-order chi connectivity index (χ1) is 9.50. The number of piperidine rings is 1. The molecule has 0 aromatic rings. The molecular formula is C15H28N2O3S. The van der Waals surface area contributed by atoms with Crippen LogP contribution < -0.4 is 0 Å². The SMILES string of the molecule is CC(C)(C)C(=O)ON1CCC(C=N[S+]([O-])C(C)(C)C)CC1. The van der Waals surface area contributed by atoms with E-state index in [1.807, 2.05) is 47.8 Å². The molecule has 5 nitrogen and oxygen atoms in total. The van der Waals surface area contributed by atoms with Crippen LogP contribution in [0, 0.1) is 11.3 Å². The molecule has 21 heavy (non-hydrogen) atoms. The van der Waals surface area contributed by atoms with E-state index in [2.05, 4.69) is 4.40 Å². The van der Waals surface area contributed by atoms with E-state index in [-0.39, 0.29) is 10.7 Å². The maximum atomic E-state index is 11.9. The van der Waals surface area contributed by atoms with Gasteiger partial charge < -0.3 is 9.39 Å². The first-order valence-corrected chi connectivity index (χ1v) is 8.54. The van der Waals surface area contributed by atoms with Gasteiger partial charge in [-0.25, -0.2) is 4.79 Å². The van der Waals surface area contributed by atoms with Gasteiger partial charge in [-0.15, -0.1) is 5.06 Å². The fourth-order valence-corrected chi connectivity index (χ4v) is 2.27. The van der Waals surface area contributed by atoms with Crippen LogP contribution in [-0.2, 0) is 21.0 Å². The van der Waals surface area contributed by atoms with Crippen LogP contribution in [0.4, 0.5) is 0 Å². The van der Waals surface area contributed by atoms with Crippen LogP contribution in [0.2, 0.25) is 0 Å². The van der Waals surface area contributed by atoms with E-state index in [1.165, 1.54) is 0 Å². The van der Waals surface area contributed by atoms with Crippen molar-refractivity contribution in [3.8, 4) is 0 Å². The summed E-state index contributed by atoms with van der Waals surface area (Å²) >= 11 is -1.20. The van der Waals surface area contributed by atoms with Crippen molar-refractivity contribution in [1.29, 1.82) is 0 Å². The first-order valence-electron chi connectivity index (χ1n) is 7.43. The third-order valence-electron chi connectivity index (χ3n) is 3.21. The zero-order valence-electron chi connectivity index (χ0n) is 14.0. The van der Waals surface area contributed by atoms with Crippen LogP contribution >= 0.6 is 0 Å². The Morgan fingerprint density at radius 2 is 1.76 bits per heavy atom. The summed E-state index contributed by atoms with van der Waals surface area (Å²) in [4.78, 5) is 17.2. The molecule has 0 aromatic carbocycles. The van der Waals surface area contributed by atoms with E-state index in [4.69, 9.17) is 4.84 Å². The summed E-state index contributed by atoms with van der Waals surface area (Å²) in [5, 5.41) is 1.72. The van der Waals surface area contributed by atoms with Crippen molar-refractivity contribution in [2.45, 2.75) is 59.1 Å². The number of hydroxylamine groups is 2. The van der Waals surface area contributed by atoms with Crippen molar-refractivity contribution in [2.24, 2.45) is 15.7 Å². The van der Waals surface area contributed by atoms with Crippen molar-refractivity contribution in [2.75, 3.05) is 13.1 Å². The number of carbonyl (C=O) groups excluding carboxylic acids is 1. The highest BCUT2D eigenvalue weighted by Crippen LogP contribution is 2.22. The zero-order valence-corrected chi connectivity index (χ0v) is 14.8. The van der Waals surface area contributed by atoms with E-state index in [1.54, 1.807) is 5.06 Å². The fraction of sp³-hybridized carbons (Fsp3) is 0.867. The Kier molecular flexibility index (Phi) is 6.25. The molecule has 1 aliphatic rings. The van der Waals surface area contributed by atoms with Gasteiger partial charge in [-0.2, -0.15) is 0 Å². The van der Waals surface area contributed by atoms with E-state index in [0.717, 1.165) is 12.8 Å². The van der Waals surface area contributed by atoms with Crippen LogP contribution in [0.3, 0.4) is 0 Å². The zero-order chi connectivity index (χ0) is 16.3. The Morgan fingerprint density at radius 1 is 1.24 bits per heavy atom. The summed E-state index contributed by atoms with van der Waals surface area (Å²) in [5.41, 5.74) is -0.484. The number of rotatable bonds is 3. The highest BCUT2D eigenvalue weighted by atomic mass is 32.2. The molecule has 0 aromatic heterocycles. The molecule has 122 valence electrons. The summed E-state index contributed by atoms with van der Waals surface area (Å²) in [5.74, 6) is 0.101.